The minimum Gasteiger partial charge on any atom is -0.269 e. The Bertz CT molecular complexity index is 931. The van der Waals surface area contributed by atoms with E-state index in [1.807, 2.05) is 11.4 Å². The van der Waals surface area contributed by atoms with E-state index in [4.69, 9.17) is 11.6 Å². The van der Waals surface area contributed by atoms with Crippen molar-refractivity contribution in [2.75, 3.05) is 0 Å². The van der Waals surface area contributed by atoms with Gasteiger partial charge in [-0.05, 0) is 30.5 Å². The smallest absolute Gasteiger partial charge is 0.262 e. The van der Waals surface area contributed by atoms with Crippen molar-refractivity contribution in [3.05, 3.63) is 63.6 Å². The summed E-state index contributed by atoms with van der Waals surface area (Å²) in [5.74, 6) is -0.584. The van der Waals surface area contributed by atoms with Gasteiger partial charge in [-0.3, -0.25) is 14.5 Å². The fourth-order valence-corrected chi connectivity index (χ4v) is 4.06. The molecular weight excluding hydrogens is 332 g/mol. The van der Waals surface area contributed by atoms with E-state index >= 15 is 0 Å². The van der Waals surface area contributed by atoms with Crippen molar-refractivity contribution in [2.45, 2.75) is 13.0 Å². The Morgan fingerprint density at radius 1 is 1.13 bits per heavy atom. The second-order valence-corrected chi connectivity index (χ2v) is 6.64. The van der Waals surface area contributed by atoms with Gasteiger partial charge in [0.25, 0.3) is 11.8 Å². The number of halogens is 1. The lowest BCUT2D eigenvalue weighted by molar-refractivity contribution is 0.0595. The van der Waals surface area contributed by atoms with Crippen molar-refractivity contribution >= 4 is 45.0 Å². The van der Waals surface area contributed by atoms with Crippen LogP contribution in [0.15, 0.2) is 41.9 Å². The van der Waals surface area contributed by atoms with E-state index in [0.717, 1.165) is 10.2 Å². The highest BCUT2D eigenvalue weighted by atomic mass is 35.5. The summed E-state index contributed by atoms with van der Waals surface area (Å²) in [4.78, 5) is 31.7. The first-order valence-corrected chi connectivity index (χ1v) is 8.34. The fourth-order valence-electron chi connectivity index (χ4n) is 2.90. The fraction of sp³-hybridized carbons (Fsp3) is 0.118. The van der Waals surface area contributed by atoms with Gasteiger partial charge in [0.05, 0.1) is 22.2 Å². The summed E-state index contributed by atoms with van der Waals surface area (Å²) in [7, 11) is 0. The molecule has 3 heterocycles. The third-order valence-electron chi connectivity index (χ3n) is 4.12. The van der Waals surface area contributed by atoms with Crippen molar-refractivity contribution in [3.8, 4) is 0 Å². The lowest BCUT2D eigenvalue weighted by Gasteiger charge is -2.23. The molecule has 2 amide bonds. The van der Waals surface area contributed by atoms with E-state index in [0.29, 0.717) is 21.7 Å². The van der Waals surface area contributed by atoms with Gasteiger partial charge in [-0.25, -0.2) is 4.98 Å². The maximum absolute atomic E-state index is 12.6. The zero-order valence-electron chi connectivity index (χ0n) is 12.1. The number of aromatic nitrogens is 1. The molecule has 1 atom stereocenters. The molecule has 0 N–H and O–H groups in total. The van der Waals surface area contributed by atoms with Gasteiger partial charge < -0.3 is 0 Å². The Hall–Kier alpha value is -2.24. The van der Waals surface area contributed by atoms with Gasteiger partial charge in [-0.2, -0.15) is 0 Å². The molecule has 0 spiro atoms. The Morgan fingerprint density at radius 2 is 1.78 bits per heavy atom. The Balaban J connectivity index is 1.80. The number of fused-ring (bicyclic) bond motifs is 2. The summed E-state index contributed by atoms with van der Waals surface area (Å²) in [6, 6.07) is 8.27. The van der Waals surface area contributed by atoms with Crippen LogP contribution in [-0.4, -0.2) is 21.7 Å². The largest absolute Gasteiger partial charge is 0.269 e. The van der Waals surface area contributed by atoms with Crippen molar-refractivity contribution in [2.24, 2.45) is 0 Å². The Kier molecular flexibility index (Phi) is 3.21. The normalized spacial score (nSPS) is 15.3. The van der Waals surface area contributed by atoms with Crippen LogP contribution in [-0.2, 0) is 0 Å². The molecule has 1 aliphatic heterocycles. The minimum absolute atomic E-state index is 0.292. The van der Waals surface area contributed by atoms with Gasteiger partial charge in [0.1, 0.15) is 4.83 Å². The number of carbonyl (C=O) groups excluding carboxylic acids is 2. The highest BCUT2D eigenvalue weighted by Crippen LogP contribution is 2.37. The zero-order chi connectivity index (χ0) is 16.1. The molecule has 1 aromatic carbocycles. The minimum atomic E-state index is -0.480. The molecule has 4 nitrogen and oxygen atoms in total. The second-order valence-electron chi connectivity index (χ2n) is 5.37. The third kappa shape index (κ3) is 2.00. The van der Waals surface area contributed by atoms with Crippen LogP contribution in [0.2, 0.25) is 5.02 Å². The number of carbonyl (C=O) groups is 2. The standard InChI is InChI=1S/C17H11ClN2O2S/c1-9(13-8-19-15-12(14(13)18)6-7-23-15)20-16(21)10-4-2-3-5-11(10)17(20)22/h2-9H,1H3/t9-/m0/s1. The molecule has 0 fully saturated rings. The van der Waals surface area contributed by atoms with Crippen molar-refractivity contribution in [1.29, 1.82) is 0 Å². The van der Waals surface area contributed by atoms with Gasteiger partial charge in [-0.1, -0.05) is 23.7 Å². The maximum Gasteiger partial charge on any atom is 0.262 e. The summed E-state index contributed by atoms with van der Waals surface area (Å²) in [5, 5.41) is 3.30. The maximum atomic E-state index is 12.6. The van der Waals surface area contributed by atoms with Crippen LogP contribution in [0.1, 0.15) is 39.2 Å². The summed E-state index contributed by atoms with van der Waals surface area (Å²) in [6.07, 6.45) is 1.65. The number of pyridine rings is 1. The summed E-state index contributed by atoms with van der Waals surface area (Å²) >= 11 is 7.98. The van der Waals surface area contributed by atoms with Gasteiger partial charge >= 0.3 is 0 Å². The highest BCUT2D eigenvalue weighted by Gasteiger charge is 2.39. The summed E-state index contributed by atoms with van der Waals surface area (Å²) < 4.78 is 0. The first-order chi connectivity index (χ1) is 11.1. The summed E-state index contributed by atoms with van der Waals surface area (Å²) in [6.45, 7) is 1.79. The van der Waals surface area contributed by atoms with Crippen LogP contribution in [0, 0.1) is 0 Å². The average molecular weight is 343 g/mol. The van der Waals surface area contributed by atoms with Crippen LogP contribution in [0.25, 0.3) is 10.2 Å². The van der Waals surface area contributed by atoms with E-state index in [1.54, 1.807) is 37.4 Å². The van der Waals surface area contributed by atoms with E-state index in [9.17, 15) is 9.59 Å². The topological polar surface area (TPSA) is 50.3 Å². The second kappa shape index (κ2) is 5.15. The molecule has 0 saturated heterocycles. The number of amides is 2. The van der Waals surface area contributed by atoms with Gasteiger partial charge in [-0.15, -0.1) is 11.3 Å². The Morgan fingerprint density at radius 3 is 2.43 bits per heavy atom. The number of hydrogen-bond donors (Lipinski definition) is 0. The molecule has 2 aromatic heterocycles. The highest BCUT2D eigenvalue weighted by molar-refractivity contribution is 7.16. The van der Waals surface area contributed by atoms with Gasteiger partial charge in [0.2, 0.25) is 0 Å². The molecule has 0 radical (unpaired) electrons. The molecule has 6 heteroatoms. The van der Waals surface area contributed by atoms with Crippen LogP contribution in [0.4, 0.5) is 0 Å². The van der Waals surface area contributed by atoms with Crippen molar-refractivity contribution in [3.63, 3.8) is 0 Å². The first-order valence-electron chi connectivity index (χ1n) is 7.08. The molecule has 23 heavy (non-hydrogen) atoms. The monoisotopic (exact) mass is 342 g/mol. The lowest BCUT2D eigenvalue weighted by Crippen LogP contribution is -2.32. The molecular formula is C17H11ClN2O2S. The SMILES string of the molecule is C[C@@H](c1cnc2sccc2c1Cl)N1C(=O)c2ccccc2C1=O. The number of thiophene rings is 1. The van der Waals surface area contributed by atoms with Crippen LogP contribution in [0.5, 0.6) is 0 Å². The molecule has 3 aromatic rings. The third-order valence-corrected chi connectivity index (χ3v) is 5.36. The molecule has 0 aliphatic carbocycles. The number of benzene rings is 1. The number of imide groups is 1. The molecule has 4 rings (SSSR count). The predicted molar refractivity (Wildman–Crippen MR) is 90.0 cm³/mol. The zero-order valence-corrected chi connectivity index (χ0v) is 13.7. The van der Waals surface area contributed by atoms with Crippen LogP contribution in [0.3, 0.4) is 0 Å². The molecule has 0 bridgehead atoms. The lowest BCUT2D eigenvalue weighted by atomic mass is 10.1. The number of nitrogens with zero attached hydrogens (tertiary/aromatic N) is 2. The quantitative estimate of drug-likeness (QED) is 0.652. The average Bonchev–Trinajstić information content (AvgIpc) is 3.13. The van der Waals surface area contributed by atoms with E-state index in [-0.39, 0.29) is 11.8 Å². The Labute approximate surface area is 141 Å². The van der Waals surface area contributed by atoms with Gasteiger partial charge in [0.15, 0.2) is 0 Å². The number of hydrogen-bond acceptors (Lipinski definition) is 4. The van der Waals surface area contributed by atoms with E-state index < -0.39 is 6.04 Å². The van der Waals surface area contributed by atoms with Crippen molar-refractivity contribution < 1.29 is 9.59 Å². The molecule has 1 aliphatic rings. The van der Waals surface area contributed by atoms with Crippen molar-refractivity contribution in [1.82, 2.24) is 9.88 Å². The van der Waals surface area contributed by atoms with E-state index in [1.165, 1.54) is 16.2 Å². The molecule has 114 valence electrons. The molecule has 0 saturated carbocycles. The van der Waals surface area contributed by atoms with Crippen LogP contribution >= 0.6 is 22.9 Å². The summed E-state index contributed by atoms with van der Waals surface area (Å²) in [5.41, 5.74) is 1.54. The first kappa shape index (κ1) is 14.4. The number of rotatable bonds is 2. The van der Waals surface area contributed by atoms with Gasteiger partial charge in [0, 0.05) is 17.1 Å². The predicted octanol–water partition coefficient (Wildman–Crippen LogP) is 4.31. The molecule has 0 unspecified atom stereocenters. The van der Waals surface area contributed by atoms with Crippen LogP contribution < -0.4 is 0 Å². The van der Waals surface area contributed by atoms with E-state index in [2.05, 4.69) is 4.98 Å².